The van der Waals surface area contributed by atoms with Gasteiger partial charge >= 0.3 is 0 Å². The molecule has 0 atom stereocenters. The monoisotopic (exact) mass is 266 g/mol. The zero-order valence-corrected chi connectivity index (χ0v) is 11.6. The number of nitrogen functional groups attached to an aromatic ring is 1. The minimum Gasteiger partial charge on any atom is -0.398 e. The van der Waals surface area contributed by atoms with E-state index in [4.69, 9.17) is 5.73 Å². The normalized spacial score (nSPS) is 13.9. The summed E-state index contributed by atoms with van der Waals surface area (Å²) in [6.45, 7) is 3.40. The lowest BCUT2D eigenvalue weighted by Crippen LogP contribution is -2.36. The molecule has 0 saturated heterocycles. The second kappa shape index (κ2) is 5.00. The van der Waals surface area contributed by atoms with Crippen molar-refractivity contribution >= 4 is 11.6 Å². The topological polar surface area (TPSA) is 46.3 Å². The Labute approximate surface area is 119 Å². The molecule has 1 heterocycles. The van der Waals surface area contributed by atoms with Gasteiger partial charge in [0.25, 0.3) is 5.91 Å². The largest absolute Gasteiger partial charge is 0.398 e. The van der Waals surface area contributed by atoms with Gasteiger partial charge in [-0.25, -0.2) is 0 Å². The lowest BCUT2D eigenvalue weighted by molar-refractivity contribution is 0.0736. The van der Waals surface area contributed by atoms with Crippen molar-refractivity contribution in [1.29, 1.82) is 0 Å². The number of rotatable bonds is 1. The fourth-order valence-corrected chi connectivity index (χ4v) is 2.72. The summed E-state index contributed by atoms with van der Waals surface area (Å²) in [6, 6.07) is 13.9. The van der Waals surface area contributed by atoms with Gasteiger partial charge in [-0.2, -0.15) is 0 Å². The predicted molar refractivity (Wildman–Crippen MR) is 80.5 cm³/mol. The van der Waals surface area contributed by atoms with Crippen molar-refractivity contribution in [3.8, 4) is 0 Å². The molecule has 3 rings (SSSR count). The summed E-state index contributed by atoms with van der Waals surface area (Å²) in [6.07, 6.45) is 0.910. The first-order valence-electron chi connectivity index (χ1n) is 6.87. The Morgan fingerprint density at radius 1 is 1.15 bits per heavy atom. The van der Waals surface area contributed by atoms with Gasteiger partial charge in [-0.15, -0.1) is 0 Å². The zero-order chi connectivity index (χ0) is 14.1. The first kappa shape index (κ1) is 12.7. The molecule has 0 fully saturated rings. The SMILES string of the molecule is Cc1ccc(C(=O)N2CCc3ccccc3C2)c(N)c1. The first-order chi connectivity index (χ1) is 9.65. The van der Waals surface area contributed by atoms with E-state index in [1.807, 2.05) is 42.2 Å². The van der Waals surface area contributed by atoms with Crippen LogP contribution < -0.4 is 5.73 Å². The first-order valence-corrected chi connectivity index (χ1v) is 6.87. The van der Waals surface area contributed by atoms with Crippen LogP contribution in [0, 0.1) is 6.92 Å². The molecule has 0 bridgehead atoms. The Kier molecular flexibility index (Phi) is 3.18. The predicted octanol–water partition coefficient (Wildman–Crippen LogP) is 2.78. The summed E-state index contributed by atoms with van der Waals surface area (Å²) in [5.74, 6) is 0.0250. The number of aryl methyl sites for hydroxylation is 1. The second-order valence-electron chi connectivity index (χ2n) is 5.34. The summed E-state index contributed by atoms with van der Waals surface area (Å²) in [5, 5.41) is 0. The molecule has 3 heteroatoms. The molecule has 1 amide bonds. The van der Waals surface area contributed by atoms with Crippen molar-refractivity contribution in [2.75, 3.05) is 12.3 Å². The third-order valence-corrected chi connectivity index (χ3v) is 3.86. The number of carbonyl (C=O) groups is 1. The van der Waals surface area contributed by atoms with Crippen molar-refractivity contribution in [2.45, 2.75) is 19.9 Å². The summed E-state index contributed by atoms with van der Waals surface area (Å²) in [7, 11) is 0. The molecule has 20 heavy (non-hydrogen) atoms. The lowest BCUT2D eigenvalue weighted by atomic mass is 9.99. The molecule has 1 aliphatic rings. The van der Waals surface area contributed by atoms with Gasteiger partial charge in [-0.3, -0.25) is 4.79 Å². The van der Waals surface area contributed by atoms with Crippen molar-refractivity contribution in [3.05, 3.63) is 64.7 Å². The fourth-order valence-electron chi connectivity index (χ4n) is 2.72. The minimum absolute atomic E-state index is 0.0250. The van der Waals surface area contributed by atoms with Crippen LogP contribution >= 0.6 is 0 Å². The maximum atomic E-state index is 12.6. The van der Waals surface area contributed by atoms with E-state index in [-0.39, 0.29) is 5.91 Å². The molecule has 3 nitrogen and oxygen atoms in total. The van der Waals surface area contributed by atoms with Crippen molar-refractivity contribution < 1.29 is 4.79 Å². The average molecular weight is 266 g/mol. The molecule has 0 aromatic heterocycles. The molecular formula is C17H18N2O. The summed E-state index contributed by atoms with van der Waals surface area (Å²) in [5.41, 5.74) is 10.8. The van der Waals surface area contributed by atoms with Gasteiger partial charge in [-0.1, -0.05) is 30.3 Å². The van der Waals surface area contributed by atoms with Crippen LogP contribution in [-0.2, 0) is 13.0 Å². The van der Waals surface area contributed by atoms with Gasteiger partial charge in [0.15, 0.2) is 0 Å². The Balaban J connectivity index is 1.86. The molecule has 0 spiro atoms. The molecule has 0 radical (unpaired) electrons. The van der Waals surface area contributed by atoms with Crippen LogP contribution in [0.15, 0.2) is 42.5 Å². The van der Waals surface area contributed by atoms with E-state index in [2.05, 4.69) is 12.1 Å². The molecule has 1 aliphatic heterocycles. The van der Waals surface area contributed by atoms with E-state index < -0.39 is 0 Å². The highest BCUT2D eigenvalue weighted by Crippen LogP contribution is 2.22. The van der Waals surface area contributed by atoms with Crippen LogP contribution in [0.4, 0.5) is 5.69 Å². The maximum absolute atomic E-state index is 12.6. The Hall–Kier alpha value is -2.29. The Morgan fingerprint density at radius 3 is 2.65 bits per heavy atom. The van der Waals surface area contributed by atoms with Crippen molar-refractivity contribution in [3.63, 3.8) is 0 Å². The maximum Gasteiger partial charge on any atom is 0.256 e. The molecule has 2 aromatic rings. The Bertz CT molecular complexity index is 664. The van der Waals surface area contributed by atoms with E-state index >= 15 is 0 Å². The van der Waals surface area contributed by atoms with Crippen molar-refractivity contribution in [1.82, 2.24) is 4.90 Å². The van der Waals surface area contributed by atoms with E-state index in [0.29, 0.717) is 17.8 Å². The van der Waals surface area contributed by atoms with Gasteiger partial charge in [0.1, 0.15) is 0 Å². The third-order valence-electron chi connectivity index (χ3n) is 3.86. The quantitative estimate of drug-likeness (QED) is 0.807. The summed E-state index contributed by atoms with van der Waals surface area (Å²) < 4.78 is 0. The van der Waals surface area contributed by atoms with E-state index in [0.717, 1.165) is 18.5 Å². The minimum atomic E-state index is 0.0250. The van der Waals surface area contributed by atoms with Crippen LogP contribution in [0.1, 0.15) is 27.0 Å². The van der Waals surface area contributed by atoms with E-state index in [1.165, 1.54) is 11.1 Å². The number of amides is 1. The van der Waals surface area contributed by atoms with Gasteiger partial charge in [0.05, 0.1) is 5.56 Å². The lowest BCUT2D eigenvalue weighted by Gasteiger charge is -2.29. The number of nitrogens with zero attached hydrogens (tertiary/aromatic N) is 1. The summed E-state index contributed by atoms with van der Waals surface area (Å²) >= 11 is 0. The highest BCUT2D eigenvalue weighted by atomic mass is 16.2. The highest BCUT2D eigenvalue weighted by molar-refractivity contribution is 5.99. The van der Waals surface area contributed by atoms with Gasteiger partial charge < -0.3 is 10.6 Å². The Morgan fingerprint density at radius 2 is 1.90 bits per heavy atom. The number of hydrogen-bond acceptors (Lipinski definition) is 2. The van der Waals surface area contributed by atoms with E-state index in [9.17, 15) is 4.79 Å². The van der Waals surface area contributed by atoms with Crippen LogP contribution in [0.5, 0.6) is 0 Å². The van der Waals surface area contributed by atoms with Gasteiger partial charge in [0, 0.05) is 18.8 Å². The van der Waals surface area contributed by atoms with Crippen LogP contribution in [-0.4, -0.2) is 17.4 Å². The van der Waals surface area contributed by atoms with Crippen LogP contribution in [0.3, 0.4) is 0 Å². The van der Waals surface area contributed by atoms with Crippen LogP contribution in [0.2, 0.25) is 0 Å². The zero-order valence-electron chi connectivity index (χ0n) is 11.6. The number of fused-ring (bicyclic) bond motifs is 1. The number of anilines is 1. The molecule has 2 aromatic carbocycles. The van der Waals surface area contributed by atoms with Gasteiger partial charge in [-0.05, 0) is 42.2 Å². The fraction of sp³-hybridized carbons (Fsp3) is 0.235. The molecule has 0 saturated carbocycles. The average Bonchev–Trinajstić information content (AvgIpc) is 2.46. The second-order valence-corrected chi connectivity index (χ2v) is 5.34. The van der Waals surface area contributed by atoms with Crippen molar-refractivity contribution in [2.24, 2.45) is 0 Å². The number of nitrogens with two attached hydrogens (primary N) is 1. The standard InChI is InChI=1S/C17H18N2O/c1-12-6-7-15(16(18)10-12)17(20)19-9-8-13-4-2-3-5-14(13)11-19/h2-7,10H,8-9,11,18H2,1H3. The van der Waals surface area contributed by atoms with Gasteiger partial charge in [0.2, 0.25) is 0 Å². The molecule has 2 N–H and O–H groups in total. The third kappa shape index (κ3) is 2.27. The number of hydrogen-bond donors (Lipinski definition) is 1. The summed E-state index contributed by atoms with van der Waals surface area (Å²) in [4.78, 5) is 14.5. The smallest absolute Gasteiger partial charge is 0.256 e. The highest BCUT2D eigenvalue weighted by Gasteiger charge is 2.22. The molecule has 0 aliphatic carbocycles. The number of benzene rings is 2. The molecular weight excluding hydrogens is 248 g/mol. The van der Waals surface area contributed by atoms with Crippen LogP contribution in [0.25, 0.3) is 0 Å². The molecule has 0 unspecified atom stereocenters. The van der Waals surface area contributed by atoms with E-state index in [1.54, 1.807) is 0 Å². The number of carbonyl (C=O) groups excluding carboxylic acids is 1. The molecule has 102 valence electrons.